The SMILES string of the molecule is Cc1ccc(N(c2ccc(C)cc2)c2ccc(N(c3ccc(N(c4ccc(C)cc4)c4ccc(C)cc4)cc3)c3ccc(-c4ccc(N)cc4)c(-c4ccccc4)c3-c3ccccc3)cc2)cc1. The quantitative estimate of drug-likeness (QED) is 0.124. The second-order valence-corrected chi connectivity index (χ2v) is 17.6. The monoisotopic (exact) mass is 878 g/mol. The summed E-state index contributed by atoms with van der Waals surface area (Å²) in [6.07, 6.45) is 0. The van der Waals surface area contributed by atoms with Crippen LogP contribution in [0.25, 0.3) is 33.4 Å². The van der Waals surface area contributed by atoms with Crippen LogP contribution in [0.4, 0.5) is 56.9 Å². The van der Waals surface area contributed by atoms with Crippen LogP contribution in [0.2, 0.25) is 0 Å². The Morgan fingerprint density at radius 2 is 0.544 bits per heavy atom. The van der Waals surface area contributed by atoms with Crippen LogP contribution in [0.5, 0.6) is 0 Å². The second kappa shape index (κ2) is 19.1. The minimum atomic E-state index is 0.736. The van der Waals surface area contributed by atoms with Gasteiger partial charge in [-0.05, 0) is 171 Å². The van der Waals surface area contributed by atoms with E-state index in [1.807, 2.05) is 12.1 Å². The third kappa shape index (κ3) is 9.00. The average molecular weight is 879 g/mol. The van der Waals surface area contributed by atoms with Gasteiger partial charge in [0.05, 0.1) is 5.69 Å². The number of nitrogen functional groups attached to an aromatic ring is 1. The van der Waals surface area contributed by atoms with E-state index in [0.29, 0.717) is 0 Å². The lowest BCUT2D eigenvalue weighted by molar-refractivity contribution is 1.24. The van der Waals surface area contributed by atoms with Gasteiger partial charge in [0, 0.05) is 56.7 Å². The Bertz CT molecular complexity index is 3030. The largest absolute Gasteiger partial charge is 0.399 e. The first-order chi connectivity index (χ1) is 33.3. The summed E-state index contributed by atoms with van der Waals surface area (Å²) in [5.74, 6) is 0. The van der Waals surface area contributed by atoms with Crippen molar-refractivity contribution in [2.75, 3.05) is 20.4 Å². The summed E-state index contributed by atoms with van der Waals surface area (Å²) in [5.41, 5.74) is 28.3. The van der Waals surface area contributed by atoms with E-state index in [2.05, 4.69) is 273 Å². The second-order valence-electron chi connectivity index (χ2n) is 17.6. The molecule has 0 aliphatic rings. The van der Waals surface area contributed by atoms with Crippen LogP contribution >= 0.6 is 0 Å². The van der Waals surface area contributed by atoms with E-state index in [9.17, 15) is 0 Å². The number of nitrogens with zero attached hydrogens (tertiary/aromatic N) is 3. The normalized spacial score (nSPS) is 11.0. The lowest BCUT2D eigenvalue weighted by Crippen LogP contribution is -2.14. The third-order valence-corrected chi connectivity index (χ3v) is 12.7. The van der Waals surface area contributed by atoms with E-state index >= 15 is 0 Å². The molecule has 0 aromatic heterocycles. The number of aryl methyl sites for hydroxylation is 4. The van der Waals surface area contributed by atoms with Gasteiger partial charge in [-0.2, -0.15) is 0 Å². The van der Waals surface area contributed by atoms with Crippen molar-refractivity contribution >= 4 is 56.9 Å². The van der Waals surface area contributed by atoms with Crippen LogP contribution in [0.1, 0.15) is 22.3 Å². The molecule has 0 saturated heterocycles. The average Bonchev–Trinajstić information content (AvgIpc) is 3.38. The first-order valence-corrected chi connectivity index (χ1v) is 23.3. The molecule has 2 N–H and O–H groups in total. The van der Waals surface area contributed by atoms with Gasteiger partial charge in [0.15, 0.2) is 0 Å². The van der Waals surface area contributed by atoms with Crippen LogP contribution in [0, 0.1) is 27.7 Å². The highest BCUT2D eigenvalue weighted by atomic mass is 15.2. The van der Waals surface area contributed by atoms with Gasteiger partial charge in [0.2, 0.25) is 0 Å². The molecule has 10 rings (SSSR count). The van der Waals surface area contributed by atoms with E-state index in [-0.39, 0.29) is 0 Å². The Morgan fingerprint density at radius 1 is 0.250 bits per heavy atom. The zero-order chi connectivity index (χ0) is 46.6. The van der Waals surface area contributed by atoms with Gasteiger partial charge in [0.1, 0.15) is 0 Å². The molecule has 68 heavy (non-hydrogen) atoms. The third-order valence-electron chi connectivity index (χ3n) is 12.7. The molecule has 0 amide bonds. The van der Waals surface area contributed by atoms with E-state index in [4.69, 9.17) is 5.73 Å². The summed E-state index contributed by atoms with van der Waals surface area (Å²) >= 11 is 0. The molecule has 0 saturated carbocycles. The van der Waals surface area contributed by atoms with Gasteiger partial charge in [-0.25, -0.2) is 0 Å². The summed E-state index contributed by atoms with van der Waals surface area (Å²) in [5, 5.41) is 0. The Morgan fingerprint density at radius 3 is 0.882 bits per heavy atom. The van der Waals surface area contributed by atoms with Crippen LogP contribution in [-0.2, 0) is 0 Å². The van der Waals surface area contributed by atoms with Gasteiger partial charge >= 0.3 is 0 Å². The number of rotatable bonds is 12. The van der Waals surface area contributed by atoms with Crippen molar-refractivity contribution in [3.05, 3.63) is 265 Å². The molecule has 10 aromatic carbocycles. The Labute approximate surface area is 401 Å². The Hall–Kier alpha value is -8.60. The van der Waals surface area contributed by atoms with Crippen molar-refractivity contribution < 1.29 is 0 Å². The maximum atomic E-state index is 6.27. The highest BCUT2D eigenvalue weighted by Gasteiger charge is 2.25. The van der Waals surface area contributed by atoms with E-state index in [1.165, 1.54) is 22.3 Å². The minimum absolute atomic E-state index is 0.736. The van der Waals surface area contributed by atoms with E-state index < -0.39 is 0 Å². The maximum absolute atomic E-state index is 6.27. The summed E-state index contributed by atoms with van der Waals surface area (Å²) in [6, 6.07) is 87.4. The van der Waals surface area contributed by atoms with Gasteiger partial charge in [0.25, 0.3) is 0 Å². The smallest absolute Gasteiger partial charge is 0.0546 e. The van der Waals surface area contributed by atoms with Gasteiger partial charge in [-0.15, -0.1) is 0 Å². The molecule has 330 valence electrons. The molecule has 0 unspecified atom stereocenters. The van der Waals surface area contributed by atoms with E-state index in [1.54, 1.807) is 0 Å². The molecule has 0 aliphatic carbocycles. The predicted molar refractivity (Wildman–Crippen MR) is 290 cm³/mol. The number of benzene rings is 10. The van der Waals surface area contributed by atoms with Crippen LogP contribution in [0.3, 0.4) is 0 Å². The Balaban J connectivity index is 1.19. The fraction of sp³-hybridized carbons (Fsp3) is 0.0625. The summed E-state index contributed by atoms with van der Waals surface area (Å²) in [7, 11) is 0. The fourth-order valence-corrected chi connectivity index (χ4v) is 9.08. The van der Waals surface area contributed by atoms with Crippen LogP contribution in [-0.4, -0.2) is 0 Å². The molecule has 0 bridgehead atoms. The van der Waals surface area contributed by atoms with Crippen molar-refractivity contribution in [3.63, 3.8) is 0 Å². The Kier molecular flexibility index (Phi) is 12.2. The zero-order valence-corrected chi connectivity index (χ0v) is 39.0. The lowest BCUT2D eigenvalue weighted by atomic mass is 9.86. The highest BCUT2D eigenvalue weighted by molar-refractivity contribution is 6.03. The first-order valence-electron chi connectivity index (χ1n) is 23.3. The lowest BCUT2D eigenvalue weighted by Gasteiger charge is -2.32. The molecule has 0 aliphatic heterocycles. The van der Waals surface area contributed by atoms with Crippen molar-refractivity contribution in [2.45, 2.75) is 27.7 Å². The summed E-state index contributed by atoms with van der Waals surface area (Å²) in [6.45, 7) is 8.53. The predicted octanol–water partition coefficient (Wildman–Crippen LogP) is 17.9. The summed E-state index contributed by atoms with van der Waals surface area (Å²) in [4.78, 5) is 7.08. The van der Waals surface area contributed by atoms with Crippen molar-refractivity contribution in [3.8, 4) is 33.4 Å². The molecular weight excluding hydrogens is 825 g/mol. The molecule has 0 heterocycles. The van der Waals surface area contributed by atoms with Gasteiger partial charge in [-0.1, -0.05) is 150 Å². The van der Waals surface area contributed by atoms with Crippen LogP contribution in [0.15, 0.2) is 243 Å². The maximum Gasteiger partial charge on any atom is 0.0546 e. The zero-order valence-electron chi connectivity index (χ0n) is 39.0. The highest BCUT2D eigenvalue weighted by Crippen LogP contribution is 2.50. The van der Waals surface area contributed by atoms with E-state index in [0.717, 1.165) is 90.3 Å². The number of anilines is 10. The van der Waals surface area contributed by atoms with Crippen molar-refractivity contribution in [1.82, 2.24) is 0 Å². The summed E-state index contributed by atoms with van der Waals surface area (Å²) < 4.78 is 0. The van der Waals surface area contributed by atoms with Crippen molar-refractivity contribution in [1.29, 1.82) is 0 Å². The standard InChI is InChI=1S/C64H54N4/c1-45-15-27-53(28-16-45)66(54-29-17-46(2)18-30-54)57-35-39-59(40-36-57)68(60-41-37-58(38-42-60)67(55-31-19-47(3)20-32-55)56-33-21-48(4)22-34-56)62-44-43-61(49-23-25-52(65)26-24-49)63(50-11-7-5-8-12-50)64(62)51-13-9-6-10-14-51/h5-44H,65H2,1-4H3. The minimum Gasteiger partial charge on any atom is -0.399 e. The fourth-order valence-electron chi connectivity index (χ4n) is 9.08. The van der Waals surface area contributed by atoms with Gasteiger partial charge in [-0.3, -0.25) is 0 Å². The number of hydrogen-bond acceptors (Lipinski definition) is 4. The molecule has 10 aromatic rings. The van der Waals surface area contributed by atoms with Crippen LogP contribution < -0.4 is 20.4 Å². The topological polar surface area (TPSA) is 35.7 Å². The molecule has 0 atom stereocenters. The molecular formula is C64H54N4. The number of hydrogen-bond donors (Lipinski definition) is 1. The first kappa shape index (κ1) is 43.3. The molecule has 0 spiro atoms. The molecule has 4 heteroatoms. The number of nitrogens with two attached hydrogens (primary N) is 1. The molecule has 0 fully saturated rings. The van der Waals surface area contributed by atoms with Crippen molar-refractivity contribution in [2.24, 2.45) is 0 Å². The molecule has 0 radical (unpaired) electrons. The molecule has 4 nitrogen and oxygen atoms in total. The van der Waals surface area contributed by atoms with Gasteiger partial charge < -0.3 is 20.4 Å².